The highest BCUT2D eigenvalue weighted by Crippen LogP contribution is 2.28. The van der Waals surface area contributed by atoms with Crippen LogP contribution >= 0.6 is 0 Å². The van der Waals surface area contributed by atoms with Crippen LogP contribution in [0.25, 0.3) is 5.65 Å². The highest BCUT2D eigenvalue weighted by molar-refractivity contribution is 7.92. The lowest BCUT2D eigenvalue weighted by Crippen LogP contribution is -2.30. The van der Waals surface area contributed by atoms with Crippen molar-refractivity contribution in [1.82, 2.24) is 14.6 Å². The molecular weight excluding hydrogens is 407 g/mol. The van der Waals surface area contributed by atoms with Crippen molar-refractivity contribution in [2.75, 3.05) is 11.4 Å². The molecule has 0 spiro atoms. The minimum atomic E-state index is -3.95. The number of hydrogen-bond donors (Lipinski definition) is 0. The average Bonchev–Trinajstić information content (AvgIpc) is 3.13. The number of nitrogens with zero attached hydrogens (tertiary/aromatic N) is 4. The van der Waals surface area contributed by atoms with Crippen LogP contribution in [0.15, 0.2) is 71.8 Å². The van der Waals surface area contributed by atoms with Gasteiger partial charge >= 0.3 is 0 Å². The van der Waals surface area contributed by atoms with E-state index in [0.29, 0.717) is 28.5 Å². The lowest BCUT2D eigenvalue weighted by Gasteiger charge is -2.25. The molecule has 0 aliphatic heterocycles. The molecule has 0 fully saturated rings. The van der Waals surface area contributed by atoms with Gasteiger partial charge in [-0.15, -0.1) is 10.2 Å². The Bertz CT molecular complexity index is 1290. The summed E-state index contributed by atoms with van der Waals surface area (Å²) in [5.41, 5.74) is 1.67. The van der Waals surface area contributed by atoms with Crippen molar-refractivity contribution in [2.45, 2.75) is 18.4 Å². The molecule has 0 aliphatic rings. The summed E-state index contributed by atoms with van der Waals surface area (Å²) in [6, 6.07) is 15.6. The molecule has 4 rings (SSSR count). The van der Waals surface area contributed by atoms with E-state index in [9.17, 15) is 12.8 Å². The monoisotopic (exact) mass is 426 g/mol. The zero-order valence-corrected chi connectivity index (χ0v) is 17.2. The standard InChI is InChI=1S/C21H19FN4O3S/c1-15-23-24-21-12-11-20(14-25(15)21)30(27,28)26(13-16-3-5-17(22)6-4-16)18-7-9-19(29-2)10-8-18/h3-12,14H,13H2,1-2H3. The summed E-state index contributed by atoms with van der Waals surface area (Å²) in [6.07, 6.45) is 1.50. The molecule has 154 valence electrons. The fraction of sp³-hybridized carbons (Fsp3) is 0.143. The van der Waals surface area contributed by atoms with Gasteiger partial charge in [-0.05, 0) is 61.0 Å². The number of halogens is 1. The molecule has 0 saturated heterocycles. The molecule has 0 N–H and O–H groups in total. The summed E-state index contributed by atoms with van der Waals surface area (Å²) >= 11 is 0. The molecule has 0 amide bonds. The Hall–Kier alpha value is -3.46. The van der Waals surface area contributed by atoms with E-state index in [2.05, 4.69) is 10.2 Å². The molecule has 0 unspecified atom stereocenters. The van der Waals surface area contributed by atoms with Gasteiger partial charge in [0, 0.05) is 6.20 Å². The Morgan fingerprint density at radius 2 is 1.70 bits per heavy atom. The molecule has 0 saturated carbocycles. The summed E-state index contributed by atoms with van der Waals surface area (Å²) in [4.78, 5) is 0.0934. The number of aromatic nitrogens is 3. The molecule has 0 atom stereocenters. The van der Waals surface area contributed by atoms with Crippen LogP contribution < -0.4 is 9.04 Å². The molecule has 0 aliphatic carbocycles. The van der Waals surface area contributed by atoms with Crippen LogP contribution in [0.5, 0.6) is 5.75 Å². The van der Waals surface area contributed by atoms with Gasteiger partial charge < -0.3 is 4.74 Å². The smallest absolute Gasteiger partial charge is 0.266 e. The molecule has 0 bridgehead atoms. The lowest BCUT2D eigenvalue weighted by atomic mass is 10.2. The third-order valence-corrected chi connectivity index (χ3v) is 6.49. The molecule has 0 radical (unpaired) electrons. The van der Waals surface area contributed by atoms with Crippen molar-refractivity contribution in [2.24, 2.45) is 0 Å². The van der Waals surface area contributed by atoms with Crippen molar-refractivity contribution in [3.8, 4) is 5.75 Å². The van der Waals surface area contributed by atoms with Gasteiger partial charge in [0.1, 0.15) is 22.3 Å². The van der Waals surface area contributed by atoms with E-state index < -0.39 is 10.0 Å². The number of hydrogen-bond acceptors (Lipinski definition) is 5. The van der Waals surface area contributed by atoms with Crippen molar-refractivity contribution in [1.29, 1.82) is 0 Å². The summed E-state index contributed by atoms with van der Waals surface area (Å²) in [7, 11) is -2.41. The molecule has 2 aromatic heterocycles. The summed E-state index contributed by atoms with van der Waals surface area (Å²) < 4.78 is 48.6. The van der Waals surface area contributed by atoms with E-state index >= 15 is 0 Å². The lowest BCUT2D eigenvalue weighted by molar-refractivity contribution is 0.415. The summed E-state index contributed by atoms with van der Waals surface area (Å²) in [5, 5.41) is 7.97. The van der Waals surface area contributed by atoms with Gasteiger partial charge in [0.25, 0.3) is 10.0 Å². The third-order valence-electron chi connectivity index (χ3n) is 4.73. The first-order chi connectivity index (χ1) is 14.4. The quantitative estimate of drug-likeness (QED) is 0.471. The maximum atomic E-state index is 13.6. The zero-order valence-electron chi connectivity index (χ0n) is 16.4. The molecule has 30 heavy (non-hydrogen) atoms. The fourth-order valence-corrected chi connectivity index (χ4v) is 4.54. The SMILES string of the molecule is COc1ccc(N(Cc2ccc(F)cc2)S(=O)(=O)c2ccc3nnc(C)n3c2)cc1. The Morgan fingerprint density at radius 3 is 2.37 bits per heavy atom. The Kier molecular flexibility index (Phi) is 5.13. The number of aryl methyl sites for hydroxylation is 1. The van der Waals surface area contributed by atoms with E-state index in [1.54, 1.807) is 60.9 Å². The highest BCUT2D eigenvalue weighted by Gasteiger charge is 2.26. The number of anilines is 1. The maximum Gasteiger partial charge on any atom is 0.266 e. The Morgan fingerprint density at radius 1 is 1.00 bits per heavy atom. The first-order valence-corrected chi connectivity index (χ1v) is 10.5. The van der Waals surface area contributed by atoms with Crippen molar-refractivity contribution in [3.05, 3.63) is 84.1 Å². The number of fused-ring (bicyclic) bond motifs is 1. The van der Waals surface area contributed by atoms with Crippen LogP contribution in [0, 0.1) is 12.7 Å². The second-order valence-corrected chi connectivity index (χ2v) is 8.54. The molecule has 9 heteroatoms. The minimum absolute atomic E-state index is 0.0359. The van der Waals surface area contributed by atoms with Crippen molar-refractivity contribution < 1.29 is 17.5 Å². The van der Waals surface area contributed by atoms with Gasteiger partial charge in [0.15, 0.2) is 5.65 Å². The predicted octanol–water partition coefficient (Wildman–Crippen LogP) is 3.58. The van der Waals surface area contributed by atoms with E-state index in [1.807, 2.05) is 0 Å². The van der Waals surface area contributed by atoms with Gasteiger partial charge in [-0.1, -0.05) is 12.1 Å². The molecule has 7 nitrogen and oxygen atoms in total. The number of pyridine rings is 1. The van der Waals surface area contributed by atoms with Crippen LogP contribution in [0.1, 0.15) is 11.4 Å². The van der Waals surface area contributed by atoms with E-state index in [4.69, 9.17) is 4.74 Å². The number of benzene rings is 2. The highest BCUT2D eigenvalue weighted by atomic mass is 32.2. The first kappa shape index (κ1) is 19.8. The number of methoxy groups -OCH3 is 1. The molecule has 2 heterocycles. The van der Waals surface area contributed by atoms with Crippen LogP contribution in [0.2, 0.25) is 0 Å². The Labute approximate surface area is 173 Å². The molecular formula is C21H19FN4O3S. The van der Waals surface area contributed by atoms with Crippen LogP contribution in [-0.4, -0.2) is 30.1 Å². The average molecular weight is 426 g/mol. The predicted molar refractivity (Wildman–Crippen MR) is 110 cm³/mol. The van der Waals surface area contributed by atoms with Crippen molar-refractivity contribution in [3.63, 3.8) is 0 Å². The zero-order chi connectivity index (χ0) is 21.3. The van der Waals surface area contributed by atoms with Gasteiger partial charge in [0.05, 0.1) is 19.3 Å². The van der Waals surface area contributed by atoms with E-state index in [0.717, 1.165) is 0 Å². The van der Waals surface area contributed by atoms with Gasteiger partial charge in [-0.25, -0.2) is 12.8 Å². The largest absolute Gasteiger partial charge is 0.497 e. The van der Waals surface area contributed by atoms with Crippen LogP contribution in [0.4, 0.5) is 10.1 Å². The van der Waals surface area contributed by atoms with Crippen LogP contribution in [-0.2, 0) is 16.6 Å². The topological polar surface area (TPSA) is 76.8 Å². The summed E-state index contributed by atoms with van der Waals surface area (Å²) in [5.74, 6) is 0.808. The van der Waals surface area contributed by atoms with Gasteiger partial charge in [-0.3, -0.25) is 8.71 Å². The maximum absolute atomic E-state index is 13.6. The van der Waals surface area contributed by atoms with Gasteiger partial charge in [-0.2, -0.15) is 0 Å². The second kappa shape index (κ2) is 7.75. The summed E-state index contributed by atoms with van der Waals surface area (Å²) in [6.45, 7) is 1.78. The molecule has 4 aromatic rings. The minimum Gasteiger partial charge on any atom is -0.497 e. The van der Waals surface area contributed by atoms with Crippen LogP contribution in [0.3, 0.4) is 0 Å². The number of sulfonamides is 1. The number of rotatable bonds is 6. The fourth-order valence-electron chi connectivity index (χ4n) is 3.08. The first-order valence-electron chi connectivity index (χ1n) is 9.11. The van der Waals surface area contributed by atoms with Crippen molar-refractivity contribution >= 4 is 21.4 Å². The van der Waals surface area contributed by atoms with Gasteiger partial charge in [0.2, 0.25) is 0 Å². The molecule has 2 aromatic carbocycles. The third kappa shape index (κ3) is 3.71. The van der Waals surface area contributed by atoms with E-state index in [-0.39, 0.29) is 17.3 Å². The van der Waals surface area contributed by atoms with E-state index in [1.165, 1.54) is 28.7 Å². The number of ether oxygens (including phenoxy) is 1. The Balaban J connectivity index is 1.81. The normalized spacial score (nSPS) is 11.6. The second-order valence-electron chi connectivity index (χ2n) is 6.68.